The van der Waals surface area contributed by atoms with Gasteiger partial charge < -0.3 is 10.6 Å². The fourth-order valence-electron chi connectivity index (χ4n) is 1.79. The third-order valence-corrected chi connectivity index (χ3v) is 3.20. The van der Waals surface area contributed by atoms with Gasteiger partial charge in [0, 0.05) is 13.0 Å². The van der Waals surface area contributed by atoms with Crippen LogP contribution in [0.1, 0.15) is 6.42 Å². The average Bonchev–Trinajstić information content (AvgIpc) is 2.73. The SMILES string of the molecule is O=C(Nc1cccc(Br)n1)C1CC(F)(CF)CN1. The van der Waals surface area contributed by atoms with Gasteiger partial charge >= 0.3 is 0 Å². The fourth-order valence-corrected chi connectivity index (χ4v) is 2.14. The maximum absolute atomic E-state index is 13.6. The molecular weight excluding hydrogens is 308 g/mol. The van der Waals surface area contributed by atoms with Crippen LogP contribution in [0.15, 0.2) is 22.8 Å². The minimum atomic E-state index is -1.94. The molecule has 18 heavy (non-hydrogen) atoms. The largest absolute Gasteiger partial charge is 0.309 e. The van der Waals surface area contributed by atoms with Crippen molar-refractivity contribution in [1.29, 1.82) is 0 Å². The van der Waals surface area contributed by atoms with Gasteiger partial charge in [0.2, 0.25) is 5.91 Å². The fraction of sp³-hybridized carbons (Fsp3) is 0.455. The van der Waals surface area contributed by atoms with Gasteiger partial charge in [-0.15, -0.1) is 0 Å². The zero-order chi connectivity index (χ0) is 13.2. The molecule has 2 unspecified atom stereocenters. The minimum absolute atomic E-state index is 0.145. The van der Waals surface area contributed by atoms with Crippen LogP contribution in [0.25, 0.3) is 0 Å². The van der Waals surface area contributed by atoms with Crippen LogP contribution in [0.4, 0.5) is 14.6 Å². The number of halogens is 3. The maximum atomic E-state index is 13.6. The number of nitrogens with one attached hydrogen (secondary N) is 2. The van der Waals surface area contributed by atoms with Gasteiger partial charge in [-0.25, -0.2) is 13.8 Å². The van der Waals surface area contributed by atoms with E-state index < -0.39 is 24.3 Å². The first-order chi connectivity index (χ1) is 8.52. The van der Waals surface area contributed by atoms with E-state index in [0.717, 1.165) is 0 Å². The van der Waals surface area contributed by atoms with Crippen LogP contribution in [-0.4, -0.2) is 35.8 Å². The summed E-state index contributed by atoms with van der Waals surface area (Å²) in [5.74, 6) is -0.0404. The van der Waals surface area contributed by atoms with Crippen molar-refractivity contribution in [2.24, 2.45) is 0 Å². The highest BCUT2D eigenvalue weighted by Crippen LogP contribution is 2.25. The molecule has 2 rings (SSSR count). The van der Waals surface area contributed by atoms with E-state index in [4.69, 9.17) is 0 Å². The van der Waals surface area contributed by atoms with Gasteiger partial charge in [-0.3, -0.25) is 4.79 Å². The predicted molar refractivity (Wildman–Crippen MR) is 66.8 cm³/mol. The van der Waals surface area contributed by atoms with Gasteiger partial charge in [0.05, 0.1) is 6.04 Å². The minimum Gasteiger partial charge on any atom is -0.309 e. The van der Waals surface area contributed by atoms with Crippen molar-refractivity contribution < 1.29 is 13.6 Å². The second-order valence-corrected chi connectivity index (χ2v) is 5.07. The number of aromatic nitrogens is 1. The molecule has 1 aliphatic rings. The molecule has 1 aliphatic heterocycles. The van der Waals surface area contributed by atoms with Crippen LogP contribution in [0.5, 0.6) is 0 Å². The topological polar surface area (TPSA) is 54.0 Å². The summed E-state index contributed by atoms with van der Waals surface area (Å²) >= 11 is 3.18. The van der Waals surface area contributed by atoms with Gasteiger partial charge in [-0.1, -0.05) is 6.07 Å². The van der Waals surface area contributed by atoms with E-state index in [-0.39, 0.29) is 13.0 Å². The molecule has 2 atom stereocenters. The number of amides is 1. The van der Waals surface area contributed by atoms with Crippen LogP contribution in [0.2, 0.25) is 0 Å². The monoisotopic (exact) mass is 319 g/mol. The second kappa shape index (κ2) is 5.27. The highest BCUT2D eigenvalue weighted by molar-refractivity contribution is 9.10. The van der Waals surface area contributed by atoms with E-state index in [9.17, 15) is 13.6 Å². The molecule has 0 aromatic carbocycles. The van der Waals surface area contributed by atoms with Crippen molar-refractivity contribution in [3.63, 3.8) is 0 Å². The Morgan fingerprint density at radius 1 is 1.67 bits per heavy atom. The van der Waals surface area contributed by atoms with Crippen molar-refractivity contribution in [3.8, 4) is 0 Å². The van der Waals surface area contributed by atoms with Gasteiger partial charge in [0.1, 0.15) is 17.1 Å². The molecule has 1 saturated heterocycles. The Bertz CT molecular complexity index is 460. The maximum Gasteiger partial charge on any atom is 0.242 e. The van der Waals surface area contributed by atoms with Gasteiger partial charge in [0.25, 0.3) is 0 Å². The molecule has 0 radical (unpaired) electrons. The molecule has 1 fully saturated rings. The molecule has 0 spiro atoms. The Morgan fingerprint density at radius 2 is 2.44 bits per heavy atom. The molecule has 0 bridgehead atoms. The first-order valence-corrected chi connectivity index (χ1v) is 6.23. The molecule has 7 heteroatoms. The standard InChI is InChI=1S/C11H12BrF2N3O/c12-8-2-1-3-9(16-8)17-10(18)7-4-11(14,5-13)6-15-7/h1-3,7,15H,4-6H2,(H,16,17,18). The number of hydrogen-bond acceptors (Lipinski definition) is 3. The van der Waals surface area contributed by atoms with E-state index in [1.54, 1.807) is 18.2 Å². The number of alkyl halides is 2. The van der Waals surface area contributed by atoms with Crippen LogP contribution in [0.3, 0.4) is 0 Å². The Morgan fingerprint density at radius 3 is 3.06 bits per heavy atom. The van der Waals surface area contributed by atoms with E-state index in [0.29, 0.717) is 10.4 Å². The molecule has 2 N–H and O–H groups in total. The summed E-state index contributed by atoms with van der Waals surface area (Å²) in [5, 5.41) is 5.22. The zero-order valence-electron chi connectivity index (χ0n) is 9.42. The highest BCUT2D eigenvalue weighted by atomic mass is 79.9. The number of carbonyl (C=O) groups is 1. The smallest absolute Gasteiger partial charge is 0.242 e. The first kappa shape index (κ1) is 13.4. The summed E-state index contributed by atoms with van der Waals surface area (Å²) in [6.07, 6.45) is -0.163. The van der Waals surface area contributed by atoms with Crippen LogP contribution >= 0.6 is 15.9 Å². The summed E-state index contributed by atoms with van der Waals surface area (Å²) < 4.78 is 26.6. The Balaban J connectivity index is 1.97. The molecule has 0 saturated carbocycles. The lowest BCUT2D eigenvalue weighted by molar-refractivity contribution is -0.118. The number of carbonyl (C=O) groups excluding carboxylic acids is 1. The van der Waals surface area contributed by atoms with Crippen molar-refractivity contribution in [1.82, 2.24) is 10.3 Å². The van der Waals surface area contributed by atoms with Crippen LogP contribution in [-0.2, 0) is 4.79 Å². The molecule has 98 valence electrons. The number of hydrogen-bond donors (Lipinski definition) is 2. The predicted octanol–water partition coefficient (Wildman–Crippen LogP) is 1.82. The molecule has 4 nitrogen and oxygen atoms in total. The summed E-state index contributed by atoms with van der Waals surface area (Å²) in [6.45, 7) is -1.23. The normalized spacial score (nSPS) is 27.2. The van der Waals surface area contributed by atoms with Crippen molar-refractivity contribution in [2.45, 2.75) is 18.1 Å². The summed E-state index contributed by atoms with van der Waals surface area (Å²) in [5.41, 5.74) is -1.94. The van der Waals surface area contributed by atoms with E-state index in [1.165, 1.54) is 0 Å². The Hall–Kier alpha value is -1.08. The van der Waals surface area contributed by atoms with Crippen LogP contribution in [0, 0.1) is 0 Å². The third-order valence-electron chi connectivity index (χ3n) is 2.76. The lowest BCUT2D eigenvalue weighted by Gasteiger charge is -2.13. The summed E-state index contributed by atoms with van der Waals surface area (Å²) in [6, 6.07) is 4.33. The third kappa shape index (κ3) is 3.02. The Kier molecular flexibility index (Phi) is 3.91. The lowest BCUT2D eigenvalue weighted by Crippen LogP contribution is -2.35. The molecule has 1 aromatic rings. The highest BCUT2D eigenvalue weighted by Gasteiger charge is 2.42. The van der Waals surface area contributed by atoms with Gasteiger partial charge in [-0.2, -0.15) is 0 Å². The Labute approximate surface area is 111 Å². The van der Waals surface area contributed by atoms with Crippen LogP contribution < -0.4 is 10.6 Å². The number of rotatable bonds is 3. The average molecular weight is 320 g/mol. The number of nitrogens with zero attached hydrogens (tertiary/aromatic N) is 1. The van der Waals surface area contributed by atoms with E-state index >= 15 is 0 Å². The first-order valence-electron chi connectivity index (χ1n) is 5.44. The summed E-state index contributed by atoms with van der Waals surface area (Å²) in [7, 11) is 0. The van der Waals surface area contributed by atoms with Crippen molar-refractivity contribution >= 4 is 27.7 Å². The van der Waals surface area contributed by atoms with Crippen molar-refractivity contribution in [2.75, 3.05) is 18.5 Å². The number of anilines is 1. The quantitative estimate of drug-likeness (QED) is 0.836. The lowest BCUT2D eigenvalue weighted by atomic mass is 10.0. The number of pyridine rings is 1. The summed E-state index contributed by atoms with van der Waals surface area (Å²) in [4.78, 5) is 15.8. The van der Waals surface area contributed by atoms with E-state index in [2.05, 4.69) is 31.5 Å². The molecule has 1 amide bonds. The molecule has 2 heterocycles. The zero-order valence-corrected chi connectivity index (χ0v) is 11.0. The molecular formula is C11H12BrF2N3O. The molecule has 1 aromatic heterocycles. The van der Waals surface area contributed by atoms with Crippen molar-refractivity contribution in [3.05, 3.63) is 22.8 Å². The molecule has 0 aliphatic carbocycles. The van der Waals surface area contributed by atoms with Gasteiger partial charge in [0.15, 0.2) is 5.67 Å². The van der Waals surface area contributed by atoms with Gasteiger partial charge in [-0.05, 0) is 28.1 Å². The van der Waals surface area contributed by atoms with E-state index in [1.807, 2.05) is 0 Å². The second-order valence-electron chi connectivity index (χ2n) is 4.26.